The number of thioether (sulfide) groups is 4. The maximum Gasteiger partial charge on any atom is 0.0576 e. The maximum atomic E-state index is 2.36. The number of rotatable bonds is 4. The van der Waals surface area contributed by atoms with Crippen LogP contribution < -0.4 is 0 Å². The Kier molecular flexibility index (Phi) is 7.41. The van der Waals surface area contributed by atoms with Crippen LogP contribution in [0, 0.1) is 0 Å². The first-order valence-electron chi connectivity index (χ1n) is 12.7. The van der Waals surface area contributed by atoms with E-state index in [-0.39, 0.29) is 0 Å². The molecule has 0 saturated carbocycles. The second-order valence-corrected chi connectivity index (χ2v) is 14.9. The van der Waals surface area contributed by atoms with Crippen molar-refractivity contribution >= 4 is 69.0 Å². The molecular formula is C34H28S4. The SMILES string of the molecule is CC1=C(C)SC(=C(c2ccccc2)c2ccc3cc(C(=C4SC(C)=C(C)S4)c4ccccc4)ccc3c2)S1. The number of hydrogen-bond donors (Lipinski definition) is 0. The van der Waals surface area contributed by atoms with Crippen molar-refractivity contribution in [2.75, 3.05) is 0 Å². The van der Waals surface area contributed by atoms with Gasteiger partial charge in [-0.1, -0.05) is 132 Å². The predicted octanol–water partition coefficient (Wildman–Crippen LogP) is 11.7. The molecule has 0 amide bonds. The van der Waals surface area contributed by atoms with E-state index in [0.717, 1.165) is 0 Å². The topological polar surface area (TPSA) is 0 Å². The van der Waals surface area contributed by atoms with E-state index in [1.807, 2.05) is 47.0 Å². The lowest BCUT2D eigenvalue weighted by molar-refractivity contribution is 1.55. The van der Waals surface area contributed by atoms with Gasteiger partial charge in [-0.15, -0.1) is 0 Å². The van der Waals surface area contributed by atoms with Gasteiger partial charge in [-0.25, -0.2) is 0 Å². The summed E-state index contributed by atoms with van der Waals surface area (Å²) in [6, 6.07) is 35.6. The third kappa shape index (κ3) is 5.08. The average Bonchev–Trinajstić information content (AvgIpc) is 3.44. The van der Waals surface area contributed by atoms with Gasteiger partial charge >= 0.3 is 0 Å². The lowest BCUT2D eigenvalue weighted by Gasteiger charge is -2.15. The molecule has 6 rings (SSSR count). The van der Waals surface area contributed by atoms with Crippen LogP contribution in [0.25, 0.3) is 21.9 Å². The van der Waals surface area contributed by atoms with E-state index in [4.69, 9.17) is 0 Å². The van der Waals surface area contributed by atoms with Crippen molar-refractivity contribution in [3.63, 3.8) is 0 Å². The Bertz CT molecular complexity index is 1510. The van der Waals surface area contributed by atoms with Crippen molar-refractivity contribution < 1.29 is 0 Å². The van der Waals surface area contributed by atoms with Gasteiger partial charge in [0.1, 0.15) is 0 Å². The van der Waals surface area contributed by atoms with E-state index in [1.165, 1.54) is 72.3 Å². The van der Waals surface area contributed by atoms with Gasteiger partial charge in [0.2, 0.25) is 0 Å². The zero-order valence-electron chi connectivity index (χ0n) is 21.9. The second kappa shape index (κ2) is 10.9. The van der Waals surface area contributed by atoms with Crippen LogP contribution in [-0.2, 0) is 0 Å². The van der Waals surface area contributed by atoms with Crippen LogP contribution in [0.3, 0.4) is 0 Å². The molecule has 0 N–H and O–H groups in total. The summed E-state index contributed by atoms with van der Waals surface area (Å²) in [6.45, 7) is 8.90. The molecular weight excluding hydrogens is 537 g/mol. The molecule has 0 nitrogen and oxygen atoms in total. The first-order valence-corrected chi connectivity index (χ1v) is 15.9. The van der Waals surface area contributed by atoms with Crippen LogP contribution in [-0.4, -0.2) is 0 Å². The van der Waals surface area contributed by atoms with E-state index in [2.05, 4.69) is 125 Å². The molecule has 0 radical (unpaired) electrons. The van der Waals surface area contributed by atoms with E-state index in [1.54, 1.807) is 0 Å². The minimum atomic E-state index is 1.27. The molecule has 2 aliphatic rings. The highest BCUT2D eigenvalue weighted by Crippen LogP contribution is 2.54. The van der Waals surface area contributed by atoms with Gasteiger partial charge in [0, 0.05) is 11.1 Å². The molecule has 0 spiro atoms. The molecule has 4 aromatic carbocycles. The van der Waals surface area contributed by atoms with Crippen LogP contribution in [0.15, 0.2) is 125 Å². The molecule has 0 aliphatic carbocycles. The smallest absolute Gasteiger partial charge is 0.0576 e. The van der Waals surface area contributed by atoms with Gasteiger partial charge in [-0.3, -0.25) is 0 Å². The van der Waals surface area contributed by atoms with Crippen LogP contribution >= 0.6 is 47.0 Å². The molecule has 4 heteroatoms. The molecule has 2 heterocycles. The van der Waals surface area contributed by atoms with Gasteiger partial charge in [-0.05, 0) is 92.5 Å². The third-order valence-corrected chi connectivity index (χ3v) is 12.2. The van der Waals surface area contributed by atoms with Crippen molar-refractivity contribution in [1.82, 2.24) is 0 Å². The van der Waals surface area contributed by atoms with Gasteiger partial charge in [0.05, 0.1) is 8.47 Å². The molecule has 0 aromatic heterocycles. The first kappa shape index (κ1) is 25.8. The zero-order chi connectivity index (χ0) is 26.2. The Morgan fingerprint density at radius 2 is 0.737 bits per heavy atom. The lowest BCUT2D eigenvalue weighted by Crippen LogP contribution is -1.92. The van der Waals surface area contributed by atoms with Gasteiger partial charge < -0.3 is 0 Å². The van der Waals surface area contributed by atoms with Crippen LogP contribution in [0.4, 0.5) is 0 Å². The highest BCUT2D eigenvalue weighted by atomic mass is 32.2. The Labute approximate surface area is 242 Å². The monoisotopic (exact) mass is 564 g/mol. The Balaban J connectivity index is 1.45. The Morgan fingerprint density at radius 3 is 1.08 bits per heavy atom. The summed E-state index contributed by atoms with van der Waals surface area (Å²) in [6.07, 6.45) is 0. The normalized spacial score (nSPS) is 15.7. The first-order chi connectivity index (χ1) is 18.5. The quantitative estimate of drug-likeness (QED) is 0.242. The Hall–Kier alpha value is -2.50. The van der Waals surface area contributed by atoms with E-state index >= 15 is 0 Å². The molecule has 0 unspecified atom stereocenters. The molecule has 0 fully saturated rings. The van der Waals surface area contributed by atoms with E-state index < -0.39 is 0 Å². The summed E-state index contributed by atoms with van der Waals surface area (Å²) < 4.78 is 2.73. The maximum absolute atomic E-state index is 2.36. The fraction of sp³-hybridized carbons (Fsp3) is 0.118. The summed E-state index contributed by atoms with van der Waals surface area (Å²) >= 11 is 7.61. The minimum absolute atomic E-state index is 1.27. The second-order valence-electron chi connectivity index (χ2n) is 9.47. The summed E-state index contributed by atoms with van der Waals surface area (Å²) in [5.74, 6) is 0. The number of allylic oxidation sites excluding steroid dienone is 4. The Morgan fingerprint density at radius 1 is 0.395 bits per heavy atom. The molecule has 0 atom stereocenters. The van der Waals surface area contributed by atoms with Crippen molar-refractivity contribution in [3.05, 3.63) is 147 Å². The third-order valence-electron chi connectivity index (χ3n) is 6.93. The summed E-state index contributed by atoms with van der Waals surface area (Å²) in [5.41, 5.74) is 7.73. The van der Waals surface area contributed by atoms with Crippen LogP contribution in [0.1, 0.15) is 49.9 Å². The van der Waals surface area contributed by atoms with Crippen LogP contribution in [0.2, 0.25) is 0 Å². The van der Waals surface area contributed by atoms with Crippen molar-refractivity contribution in [2.24, 2.45) is 0 Å². The number of hydrogen-bond acceptors (Lipinski definition) is 4. The fourth-order valence-electron chi connectivity index (χ4n) is 4.66. The summed E-state index contributed by atoms with van der Waals surface area (Å²) in [4.78, 5) is 5.59. The van der Waals surface area contributed by atoms with E-state index in [9.17, 15) is 0 Å². The van der Waals surface area contributed by atoms with Gasteiger partial charge in [0.15, 0.2) is 0 Å². The molecule has 188 valence electrons. The molecule has 4 aromatic rings. The fourth-order valence-corrected chi connectivity index (χ4v) is 10.0. The molecule has 0 saturated heterocycles. The highest BCUT2D eigenvalue weighted by Gasteiger charge is 2.23. The standard InChI is InChI=1S/C34H28S4/c1-21-22(2)36-33(35-21)31(25-11-7-5-8-12-25)29-17-15-28-20-30(18-16-27(28)19-29)32(26-13-9-6-10-14-26)34-37-23(3)24(4)38-34/h5-20H,1-4H3. The molecule has 2 aliphatic heterocycles. The van der Waals surface area contributed by atoms with Crippen molar-refractivity contribution in [2.45, 2.75) is 27.7 Å². The number of fused-ring (bicyclic) bond motifs is 1. The zero-order valence-corrected chi connectivity index (χ0v) is 25.1. The average molecular weight is 565 g/mol. The summed E-state index contributed by atoms with van der Waals surface area (Å²) in [7, 11) is 0. The number of benzene rings is 4. The van der Waals surface area contributed by atoms with Crippen LogP contribution in [0.5, 0.6) is 0 Å². The highest BCUT2D eigenvalue weighted by molar-refractivity contribution is 8.29. The molecule has 0 bridgehead atoms. The summed E-state index contributed by atoms with van der Waals surface area (Å²) in [5, 5.41) is 2.54. The predicted molar refractivity (Wildman–Crippen MR) is 176 cm³/mol. The largest absolute Gasteiger partial charge is 0.0860 e. The molecule has 38 heavy (non-hydrogen) atoms. The minimum Gasteiger partial charge on any atom is -0.0860 e. The van der Waals surface area contributed by atoms with Gasteiger partial charge in [-0.2, -0.15) is 0 Å². The van der Waals surface area contributed by atoms with E-state index in [0.29, 0.717) is 0 Å². The van der Waals surface area contributed by atoms with Crippen molar-refractivity contribution in [1.29, 1.82) is 0 Å². The van der Waals surface area contributed by atoms with Gasteiger partial charge in [0.25, 0.3) is 0 Å². The van der Waals surface area contributed by atoms with Crippen molar-refractivity contribution in [3.8, 4) is 0 Å². The lowest BCUT2D eigenvalue weighted by atomic mass is 9.94.